The number of nitrogens with zero attached hydrogens (tertiary/aromatic N) is 4. The summed E-state index contributed by atoms with van der Waals surface area (Å²) in [6, 6.07) is 10.5. The van der Waals surface area contributed by atoms with E-state index in [2.05, 4.69) is 51.4 Å². The summed E-state index contributed by atoms with van der Waals surface area (Å²) in [5, 5.41) is 3.37. The predicted molar refractivity (Wildman–Crippen MR) is 110 cm³/mol. The quantitative estimate of drug-likeness (QED) is 0.903. The van der Waals surface area contributed by atoms with E-state index < -0.39 is 0 Å². The first kappa shape index (κ1) is 17.8. The minimum atomic E-state index is 0.193. The molecule has 1 aromatic heterocycles. The molecular weight excluding hydrogens is 338 g/mol. The van der Waals surface area contributed by atoms with E-state index in [1.54, 1.807) is 0 Å². The second-order valence-electron chi connectivity index (χ2n) is 7.30. The van der Waals surface area contributed by atoms with Crippen LogP contribution in [0.25, 0.3) is 0 Å². The lowest BCUT2D eigenvalue weighted by molar-refractivity contribution is -0.118. The van der Waals surface area contributed by atoms with Crippen molar-refractivity contribution in [2.45, 2.75) is 19.8 Å². The first-order valence-electron chi connectivity index (χ1n) is 9.74. The zero-order valence-corrected chi connectivity index (χ0v) is 16.1. The summed E-state index contributed by atoms with van der Waals surface area (Å²) in [4.78, 5) is 23.3. The summed E-state index contributed by atoms with van der Waals surface area (Å²) in [5.41, 5.74) is 4.40. The van der Waals surface area contributed by atoms with Crippen molar-refractivity contribution in [1.82, 2.24) is 9.88 Å². The number of carbonyl (C=O) groups is 1. The Bertz CT molecular complexity index is 812. The van der Waals surface area contributed by atoms with Gasteiger partial charge in [-0.05, 0) is 50.2 Å². The Morgan fingerprint density at radius 3 is 2.52 bits per heavy atom. The van der Waals surface area contributed by atoms with Crippen molar-refractivity contribution in [3.05, 3.63) is 42.1 Å². The van der Waals surface area contributed by atoms with Crippen LogP contribution in [0.5, 0.6) is 0 Å². The zero-order chi connectivity index (χ0) is 18.8. The maximum absolute atomic E-state index is 12.1. The van der Waals surface area contributed by atoms with Gasteiger partial charge in [-0.2, -0.15) is 0 Å². The van der Waals surface area contributed by atoms with Crippen molar-refractivity contribution < 1.29 is 4.79 Å². The molecule has 0 spiro atoms. The van der Waals surface area contributed by atoms with Gasteiger partial charge in [0.05, 0.1) is 5.69 Å². The van der Waals surface area contributed by atoms with Crippen molar-refractivity contribution in [2.75, 3.05) is 54.9 Å². The third-order valence-corrected chi connectivity index (χ3v) is 5.49. The number of benzene rings is 1. The van der Waals surface area contributed by atoms with E-state index in [0.29, 0.717) is 13.0 Å². The number of hydrogen-bond donors (Lipinski definition) is 1. The minimum Gasteiger partial charge on any atom is -0.369 e. The Labute approximate surface area is 160 Å². The number of rotatable bonds is 4. The average molecular weight is 365 g/mol. The first-order chi connectivity index (χ1) is 13.1. The third kappa shape index (κ3) is 3.76. The number of likely N-dealkylation sites (N-methyl/N-ethyl adjacent to an activating group) is 1. The summed E-state index contributed by atoms with van der Waals surface area (Å²) in [6.45, 7) is 7.04. The van der Waals surface area contributed by atoms with Crippen LogP contribution in [-0.4, -0.2) is 55.6 Å². The molecule has 6 nitrogen and oxygen atoms in total. The smallest absolute Gasteiger partial charge is 0.227 e. The Morgan fingerprint density at radius 1 is 1.07 bits per heavy atom. The van der Waals surface area contributed by atoms with Crippen LogP contribution in [0.1, 0.15) is 18.9 Å². The van der Waals surface area contributed by atoms with Gasteiger partial charge >= 0.3 is 0 Å². The second kappa shape index (κ2) is 7.56. The molecule has 0 radical (unpaired) electrons. The van der Waals surface area contributed by atoms with Crippen molar-refractivity contribution in [2.24, 2.45) is 0 Å². The molecule has 142 valence electrons. The molecule has 1 saturated heterocycles. The van der Waals surface area contributed by atoms with Gasteiger partial charge in [-0.1, -0.05) is 0 Å². The molecule has 0 atom stereocenters. The SMILES string of the molecule is CCN1C(=O)CCc2cnc(Nc3ccc(N4CCN(C)CC4)cc3)cc21. The molecule has 0 aliphatic carbocycles. The number of nitrogens with one attached hydrogen (secondary N) is 1. The first-order valence-corrected chi connectivity index (χ1v) is 9.74. The van der Waals surface area contributed by atoms with E-state index in [-0.39, 0.29) is 5.91 Å². The van der Waals surface area contributed by atoms with Crippen LogP contribution in [-0.2, 0) is 11.2 Å². The number of pyridine rings is 1. The van der Waals surface area contributed by atoms with Gasteiger partial charge in [-0.15, -0.1) is 0 Å². The normalized spacial score (nSPS) is 17.8. The van der Waals surface area contributed by atoms with E-state index in [1.807, 2.05) is 24.1 Å². The molecule has 6 heteroatoms. The molecule has 0 bridgehead atoms. The van der Waals surface area contributed by atoms with Crippen LogP contribution in [0, 0.1) is 0 Å². The van der Waals surface area contributed by atoms with E-state index in [9.17, 15) is 4.79 Å². The topological polar surface area (TPSA) is 51.7 Å². The van der Waals surface area contributed by atoms with E-state index in [4.69, 9.17) is 0 Å². The van der Waals surface area contributed by atoms with Gasteiger partial charge in [-0.25, -0.2) is 4.98 Å². The minimum absolute atomic E-state index is 0.193. The largest absolute Gasteiger partial charge is 0.369 e. The molecule has 4 rings (SSSR count). The van der Waals surface area contributed by atoms with E-state index in [0.717, 1.165) is 55.4 Å². The van der Waals surface area contributed by atoms with Crippen molar-refractivity contribution >= 4 is 28.8 Å². The summed E-state index contributed by atoms with van der Waals surface area (Å²) in [6.07, 6.45) is 3.24. The Balaban J connectivity index is 1.48. The number of aryl methyl sites for hydroxylation is 1. The molecule has 0 unspecified atom stereocenters. The molecule has 1 amide bonds. The highest BCUT2D eigenvalue weighted by Gasteiger charge is 2.23. The predicted octanol–water partition coefficient (Wildman–Crippen LogP) is 2.88. The van der Waals surface area contributed by atoms with Gasteiger partial charge in [0, 0.05) is 62.8 Å². The van der Waals surface area contributed by atoms with Crippen LogP contribution in [0.3, 0.4) is 0 Å². The lowest BCUT2D eigenvalue weighted by Gasteiger charge is -2.34. The molecule has 2 aromatic rings. The van der Waals surface area contributed by atoms with Gasteiger partial charge in [0.15, 0.2) is 0 Å². The second-order valence-corrected chi connectivity index (χ2v) is 7.30. The highest BCUT2D eigenvalue weighted by molar-refractivity contribution is 5.96. The van der Waals surface area contributed by atoms with Gasteiger partial charge in [-0.3, -0.25) is 4.79 Å². The monoisotopic (exact) mass is 365 g/mol. The molecular formula is C21H27N5O. The van der Waals surface area contributed by atoms with Gasteiger partial charge in [0.25, 0.3) is 0 Å². The maximum Gasteiger partial charge on any atom is 0.227 e. The lowest BCUT2D eigenvalue weighted by atomic mass is 10.0. The van der Waals surface area contributed by atoms with Crippen LogP contribution in [0.4, 0.5) is 22.9 Å². The molecule has 27 heavy (non-hydrogen) atoms. The molecule has 0 saturated carbocycles. The number of amides is 1. The van der Waals surface area contributed by atoms with Crippen molar-refractivity contribution in [3.8, 4) is 0 Å². The summed E-state index contributed by atoms with van der Waals surface area (Å²) < 4.78 is 0. The Hall–Kier alpha value is -2.60. The Kier molecular flexibility index (Phi) is 4.99. The van der Waals surface area contributed by atoms with Crippen molar-refractivity contribution in [1.29, 1.82) is 0 Å². The Morgan fingerprint density at radius 2 is 1.81 bits per heavy atom. The number of fused-ring (bicyclic) bond motifs is 1. The van der Waals surface area contributed by atoms with Gasteiger partial charge in [0.2, 0.25) is 5.91 Å². The van der Waals surface area contributed by atoms with Gasteiger partial charge in [0.1, 0.15) is 5.82 Å². The fourth-order valence-corrected chi connectivity index (χ4v) is 3.81. The number of hydrogen-bond acceptors (Lipinski definition) is 5. The standard InChI is InChI=1S/C21H27N5O/c1-3-26-19-14-20(22-15-16(19)4-9-21(26)27)23-17-5-7-18(8-6-17)25-12-10-24(2)11-13-25/h5-8,14-15H,3-4,9-13H2,1-2H3,(H,22,23). The molecule has 3 heterocycles. The number of carbonyl (C=O) groups excluding carboxylic acids is 1. The van der Waals surface area contributed by atoms with E-state index >= 15 is 0 Å². The van der Waals surface area contributed by atoms with Crippen LogP contribution < -0.4 is 15.1 Å². The third-order valence-electron chi connectivity index (χ3n) is 5.49. The molecule has 1 N–H and O–H groups in total. The summed E-state index contributed by atoms with van der Waals surface area (Å²) >= 11 is 0. The van der Waals surface area contributed by atoms with Crippen molar-refractivity contribution in [3.63, 3.8) is 0 Å². The lowest BCUT2D eigenvalue weighted by Crippen LogP contribution is -2.44. The fraction of sp³-hybridized carbons (Fsp3) is 0.429. The summed E-state index contributed by atoms with van der Waals surface area (Å²) in [7, 11) is 2.17. The average Bonchev–Trinajstić information content (AvgIpc) is 2.69. The molecule has 2 aliphatic rings. The highest BCUT2D eigenvalue weighted by atomic mass is 16.2. The highest BCUT2D eigenvalue weighted by Crippen LogP contribution is 2.30. The van der Waals surface area contributed by atoms with E-state index in [1.165, 1.54) is 5.69 Å². The van der Waals surface area contributed by atoms with Crippen LogP contribution in [0.15, 0.2) is 36.5 Å². The number of aromatic nitrogens is 1. The summed E-state index contributed by atoms with van der Waals surface area (Å²) in [5.74, 6) is 0.966. The van der Waals surface area contributed by atoms with Crippen LogP contribution >= 0.6 is 0 Å². The number of anilines is 4. The van der Waals surface area contributed by atoms with Gasteiger partial charge < -0.3 is 20.0 Å². The molecule has 1 fully saturated rings. The fourth-order valence-electron chi connectivity index (χ4n) is 3.81. The van der Waals surface area contributed by atoms with Crippen LogP contribution in [0.2, 0.25) is 0 Å². The molecule has 2 aliphatic heterocycles. The number of piperazine rings is 1. The zero-order valence-electron chi connectivity index (χ0n) is 16.1. The molecule has 1 aromatic carbocycles. The maximum atomic E-state index is 12.1.